The van der Waals surface area contributed by atoms with Gasteiger partial charge in [0, 0.05) is 21.5 Å². The highest BCUT2D eigenvalue weighted by molar-refractivity contribution is 7.13. The third kappa shape index (κ3) is 3.92. The molecule has 0 N–H and O–H groups in total. The molecule has 0 aliphatic heterocycles. The summed E-state index contributed by atoms with van der Waals surface area (Å²) in [6.07, 6.45) is 0. The molecular formula is C25H14ClFN4S. The van der Waals surface area contributed by atoms with Crippen molar-refractivity contribution in [2.45, 2.75) is 0 Å². The average molecular weight is 457 g/mol. The molecule has 0 radical (unpaired) electrons. The zero-order chi connectivity index (χ0) is 22.1. The summed E-state index contributed by atoms with van der Waals surface area (Å²) in [6, 6.07) is 25.1. The Morgan fingerprint density at radius 1 is 0.875 bits per heavy atom. The second-order valence-corrected chi connectivity index (χ2v) is 8.33. The van der Waals surface area contributed by atoms with E-state index in [1.54, 1.807) is 28.9 Å². The van der Waals surface area contributed by atoms with E-state index in [1.807, 2.05) is 47.8 Å². The van der Waals surface area contributed by atoms with Gasteiger partial charge in [-0.2, -0.15) is 10.4 Å². The first-order valence-corrected chi connectivity index (χ1v) is 10.9. The molecule has 154 valence electrons. The van der Waals surface area contributed by atoms with Crippen molar-refractivity contribution in [1.82, 2.24) is 14.8 Å². The van der Waals surface area contributed by atoms with Crippen molar-refractivity contribution in [3.05, 3.63) is 101 Å². The molecule has 32 heavy (non-hydrogen) atoms. The maximum atomic E-state index is 13.5. The number of hydrogen-bond acceptors (Lipinski definition) is 4. The van der Waals surface area contributed by atoms with Crippen LogP contribution in [0.25, 0.3) is 38.9 Å². The van der Waals surface area contributed by atoms with E-state index >= 15 is 0 Å². The second kappa shape index (κ2) is 8.39. The van der Waals surface area contributed by atoms with Crippen LogP contribution in [0.2, 0.25) is 5.02 Å². The van der Waals surface area contributed by atoms with Crippen LogP contribution in [0.5, 0.6) is 0 Å². The molecule has 0 fully saturated rings. The van der Waals surface area contributed by atoms with Gasteiger partial charge in [0.05, 0.1) is 28.7 Å². The topological polar surface area (TPSA) is 54.5 Å². The quantitative estimate of drug-likeness (QED) is 0.292. The van der Waals surface area contributed by atoms with Crippen LogP contribution in [0.3, 0.4) is 0 Å². The Morgan fingerprint density at radius 2 is 1.56 bits per heavy atom. The summed E-state index contributed by atoms with van der Waals surface area (Å²) in [5.41, 5.74) is 5.59. The molecule has 0 amide bonds. The van der Waals surface area contributed by atoms with Gasteiger partial charge in [-0.3, -0.25) is 0 Å². The van der Waals surface area contributed by atoms with E-state index in [0.29, 0.717) is 16.3 Å². The van der Waals surface area contributed by atoms with E-state index in [0.717, 1.165) is 33.2 Å². The zero-order valence-electron chi connectivity index (χ0n) is 16.5. The SMILES string of the molecule is N#Cc1ccc(-c2csc(-c3cc(-c4ccc(Cl)cc4)n(-c4ccc(F)cc4)n3)n2)cc1. The van der Waals surface area contributed by atoms with Gasteiger partial charge < -0.3 is 0 Å². The molecule has 7 heteroatoms. The van der Waals surface area contributed by atoms with E-state index in [9.17, 15) is 4.39 Å². The van der Waals surface area contributed by atoms with E-state index in [2.05, 4.69) is 6.07 Å². The van der Waals surface area contributed by atoms with Crippen molar-refractivity contribution < 1.29 is 4.39 Å². The highest BCUT2D eigenvalue weighted by atomic mass is 35.5. The first kappa shape index (κ1) is 20.1. The van der Waals surface area contributed by atoms with E-state index in [-0.39, 0.29) is 5.82 Å². The van der Waals surface area contributed by atoms with E-state index in [4.69, 9.17) is 26.9 Å². The standard InChI is InChI=1S/C25H14ClFN4S/c26-19-7-5-18(6-8-19)24-13-22(30-31(24)21-11-9-20(27)10-12-21)25-29-23(15-32-25)17-3-1-16(14-28)2-4-17/h1-13,15H. The Morgan fingerprint density at radius 3 is 2.25 bits per heavy atom. The van der Waals surface area contributed by atoms with Gasteiger partial charge in [0.2, 0.25) is 0 Å². The lowest BCUT2D eigenvalue weighted by molar-refractivity contribution is 0.627. The predicted molar refractivity (Wildman–Crippen MR) is 125 cm³/mol. The van der Waals surface area contributed by atoms with Gasteiger partial charge in [0.1, 0.15) is 16.5 Å². The molecule has 0 saturated heterocycles. The molecule has 4 nitrogen and oxygen atoms in total. The molecule has 0 aliphatic carbocycles. The summed E-state index contributed by atoms with van der Waals surface area (Å²) in [4.78, 5) is 4.75. The number of hydrogen-bond donors (Lipinski definition) is 0. The Balaban J connectivity index is 1.58. The van der Waals surface area contributed by atoms with Gasteiger partial charge >= 0.3 is 0 Å². The minimum atomic E-state index is -0.304. The smallest absolute Gasteiger partial charge is 0.144 e. The number of aromatic nitrogens is 3. The van der Waals surface area contributed by atoms with Gasteiger partial charge in [0.15, 0.2) is 0 Å². The molecule has 0 saturated carbocycles. The highest BCUT2D eigenvalue weighted by Gasteiger charge is 2.16. The first-order valence-electron chi connectivity index (χ1n) is 9.69. The molecule has 0 spiro atoms. The average Bonchev–Trinajstić information content (AvgIpc) is 3.48. The Bertz CT molecular complexity index is 1370. The summed E-state index contributed by atoms with van der Waals surface area (Å²) in [5.74, 6) is -0.304. The van der Waals surface area contributed by atoms with Gasteiger partial charge in [-0.15, -0.1) is 11.3 Å². The third-order valence-electron chi connectivity index (χ3n) is 4.95. The molecule has 5 rings (SSSR count). The number of nitrogens with zero attached hydrogens (tertiary/aromatic N) is 4. The lowest BCUT2D eigenvalue weighted by atomic mass is 10.1. The van der Waals surface area contributed by atoms with Crippen molar-refractivity contribution in [3.8, 4) is 45.0 Å². The van der Waals surface area contributed by atoms with Crippen molar-refractivity contribution in [2.75, 3.05) is 0 Å². The van der Waals surface area contributed by atoms with Crippen LogP contribution >= 0.6 is 22.9 Å². The highest BCUT2D eigenvalue weighted by Crippen LogP contribution is 2.33. The summed E-state index contributed by atoms with van der Waals surface area (Å²) in [6.45, 7) is 0. The van der Waals surface area contributed by atoms with Crippen molar-refractivity contribution in [1.29, 1.82) is 5.26 Å². The molecule has 3 aromatic carbocycles. The Labute approximate surface area is 192 Å². The van der Waals surface area contributed by atoms with Crippen LogP contribution in [0.1, 0.15) is 5.56 Å². The van der Waals surface area contributed by atoms with Crippen LogP contribution < -0.4 is 0 Å². The largest absolute Gasteiger partial charge is 0.234 e. The maximum absolute atomic E-state index is 13.5. The molecule has 0 bridgehead atoms. The molecule has 0 unspecified atom stereocenters. The van der Waals surface area contributed by atoms with Crippen LogP contribution in [-0.2, 0) is 0 Å². The third-order valence-corrected chi connectivity index (χ3v) is 6.07. The van der Waals surface area contributed by atoms with E-state index < -0.39 is 0 Å². The fourth-order valence-corrected chi connectivity index (χ4v) is 4.24. The fourth-order valence-electron chi connectivity index (χ4n) is 3.33. The summed E-state index contributed by atoms with van der Waals surface area (Å²) in [7, 11) is 0. The van der Waals surface area contributed by atoms with Gasteiger partial charge in [-0.25, -0.2) is 14.1 Å². The van der Waals surface area contributed by atoms with Gasteiger partial charge in [-0.1, -0.05) is 35.9 Å². The van der Waals surface area contributed by atoms with Crippen LogP contribution in [-0.4, -0.2) is 14.8 Å². The number of thiazole rings is 1. The van der Waals surface area contributed by atoms with Gasteiger partial charge in [0.25, 0.3) is 0 Å². The molecule has 0 atom stereocenters. The predicted octanol–water partition coefficient (Wildman–Crippen LogP) is 6.99. The molecule has 2 heterocycles. The molecular weight excluding hydrogens is 443 g/mol. The fraction of sp³-hybridized carbons (Fsp3) is 0. The van der Waals surface area contributed by atoms with Crippen molar-refractivity contribution in [2.24, 2.45) is 0 Å². The van der Waals surface area contributed by atoms with Crippen molar-refractivity contribution in [3.63, 3.8) is 0 Å². The number of rotatable bonds is 4. The first-order chi connectivity index (χ1) is 15.6. The maximum Gasteiger partial charge on any atom is 0.144 e. The monoisotopic (exact) mass is 456 g/mol. The van der Waals surface area contributed by atoms with Crippen LogP contribution in [0.15, 0.2) is 84.2 Å². The zero-order valence-corrected chi connectivity index (χ0v) is 18.1. The second-order valence-electron chi connectivity index (χ2n) is 7.04. The van der Waals surface area contributed by atoms with E-state index in [1.165, 1.54) is 23.5 Å². The Kier molecular flexibility index (Phi) is 5.28. The number of benzene rings is 3. The number of nitriles is 1. The minimum Gasteiger partial charge on any atom is -0.234 e. The summed E-state index contributed by atoms with van der Waals surface area (Å²) >= 11 is 7.56. The summed E-state index contributed by atoms with van der Waals surface area (Å²) < 4.78 is 15.3. The lowest BCUT2D eigenvalue weighted by Crippen LogP contribution is -1.99. The Hall–Kier alpha value is -3.79. The normalized spacial score (nSPS) is 10.8. The lowest BCUT2D eigenvalue weighted by Gasteiger charge is -2.07. The van der Waals surface area contributed by atoms with Crippen molar-refractivity contribution >= 4 is 22.9 Å². The van der Waals surface area contributed by atoms with Crippen LogP contribution in [0.4, 0.5) is 4.39 Å². The van der Waals surface area contributed by atoms with Crippen LogP contribution in [0, 0.1) is 17.1 Å². The molecule has 2 aromatic heterocycles. The number of halogens is 2. The molecule has 5 aromatic rings. The molecule has 0 aliphatic rings. The summed E-state index contributed by atoms with van der Waals surface area (Å²) in [5, 5.41) is 17.2. The minimum absolute atomic E-state index is 0.304. The van der Waals surface area contributed by atoms with Gasteiger partial charge in [-0.05, 0) is 54.6 Å².